The van der Waals surface area contributed by atoms with Crippen LogP contribution in [0.3, 0.4) is 0 Å². The van der Waals surface area contributed by atoms with E-state index in [4.69, 9.17) is 17.0 Å². The molecule has 8 heteroatoms. The third-order valence-electron chi connectivity index (χ3n) is 4.00. The first-order valence-corrected chi connectivity index (χ1v) is 7.71. The van der Waals surface area contributed by atoms with Gasteiger partial charge in [0.15, 0.2) is 0 Å². The van der Waals surface area contributed by atoms with E-state index in [2.05, 4.69) is 9.97 Å². The lowest BCUT2D eigenvalue weighted by atomic mass is 10.2. The fourth-order valence-electron chi connectivity index (χ4n) is 2.80. The molecule has 126 valence electrons. The van der Waals surface area contributed by atoms with Gasteiger partial charge >= 0.3 is 0 Å². The van der Waals surface area contributed by atoms with E-state index >= 15 is 0 Å². The van der Waals surface area contributed by atoms with Gasteiger partial charge in [0.1, 0.15) is 29.1 Å². The summed E-state index contributed by atoms with van der Waals surface area (Å²) in [5.41, 5.74) is 1.66. The van der Waals surface area contributed by atoms with Crippen LogP contribution in [0.25, 0.3) is 16.6 Å². The summed E-state index contributed by atoms with van der Waals surface area (Å²) in [7, 11) is 0. The zero-order valence-electron chi connectivity index (χ0n) is 12.6. The topological polar surface area (TPSA) is 76.0 Å². The van der Waals surface area contributed by atoms with Crippen molar-refractivity contribution in [1.82, 2.24) is 9.97 Å². The predicted molar refractivity (Wildman–Crippen MR) is 92.1 cm³/mol. The van der Waals surface area contributed by atoms with Gasteiger partial charge in [0.2, 0.25) is 0 Å². The number of aliphatic hydroxyl groups excluding tert-OH is 1. The average Bonchev–Trinajstić information content (AvgIpc) is 3.10. The number of rotatable bonds is 2. The fraction of sp³-hybridized carbons (Fsp3) is 0.0588. The number of benzene rings is 2. The Morgan fingerprint density at radius 1 is 1.20 bits per heavy atom. The lowest BCUT2D eigenvalue weighted by Crippen LogP contribution is -2.26. The minimum atomic E-state index is -0.562. The number of nitrogens with one attached hydrogen (secondary N) is 2. The summed E-state index contributed by atoms with van der Waals surface area (Å²) < 4.78 is 26.7. The molecule has 0 spiro atoms. The maximum Gasteiger partial charge on any atom is 0.145 e. The highest BCUT2D eigenvalue weighted by atomic mass is 35.5. The lowest BCUT2D eigenvalue weighted by Gasteiger charge is -2.18. The number of nitrogens with zero attached hydrogens (tertiary/aromatic N) is 2. The summed E-state index contributed by atoms with van der Waals surface area (Å²) in [5.74, 6) is -0.790. The molecule has 0 radical (unpaired) electrons. The van der Waals surface area contributed by atoms with E-state index in [-0.39, 0.29) is 34.6 Å². The lowest BCUT2D eigenvalue weighted by molar-refractivity contribution is 0.411. The molecule has 0 aliphatic carbocycles. The molecule has 5 nitrogen and oxygen atoms in total. The number of hydrogen-bond acceptors (Lipinski definition) is 3. The van der Waals surface area contributed by atoms with E-state index in [1.165, 1.54) is 41.3 Å². The molecule has 3 aromatic rings. The molecule has 0 unspecified atom stereocenters. The maximum absolute atomic E-state index is 13.3. The zero-order chi connectivity index (χ0) is 17.7. The minimum absolute atomic E-state index is 0.0142. The van der Waals surface area contributed by atoms with E-state index in [1.807, 2.05) is 0 Å². The Hall–Kier alpha value is -2.93. The molecule has 0 atom stereocenters. The van der Waals surface area contributed by atoms with Crippen molar-refractivity contribution in [2.75, 3.05) is 11.4 Å². The van der Waals surface area contributed by atoms with Crippen LogP contribution < -0.4 is 4.90 Å². The van der Waals surface area contributed by atoms with E-state index in [1.54, 1.807) is 0 Å². The first-order valence-electron chi connectivity index (χ1n) is 7.33. The smallest absolute Gasteiger partial charge is 0.145 e. The van der Waals surface area contributed by atoms with Crippen molar-refractivity contribution in [2.45, 2.75) is 0 Å². The van der Waals surface area contributed by atoms with Crippen molar-refractivity contribution < 1.29 is 13.9 Å². The highest BCUT2D eigenvalue weighted by molar-refractivity contribution is 6.32. The highest BCUT2D eigenvalue weighted by Gasteiger charge is 2.31. The van der Waals surface area contributed by atoms with Crippen LogP contribution in [0.5, 0.6) is 0 Å². The summed E-state index contributed by atoms with van der Waals surface area (Å²) in [5, 5.41) is 18.6. The van der Waals surface area contributed by atoms with Crippen molar-refractivity contribution in [3.8, 4) is 0 Å². The molecule has 0 fully saturated rings. The zero-order valence-corrected chi connectivity index (χ0v) is 13.4. The normalized spacial score (nSPS) is 14.8. The largest absolute Gasteiger partial charge is 0.509 e. The molecule has 4 rings (SSSR count). The third kappa shape index (κ3) is 2.53. The number of anilines is 1. The van der Waals surface area contributed by atoms with Crippen molar-refractivity contribution in [3.05, 3.63) is 64.6 Å². The van der Waals surface area contributed by atoms with Crippen molar-refractivity contribution in [2.24, 2.45) is 0 Å². The molecular formula is C17H11ClF2N4O. The molecular weight excluding hydrogens is 350 g/mol. The van der Waals surface area contributed by atoms with E-state index in [0.717, 1.165) is 0 Å². The Balaban J connectivity index is 1.73. The van der Waals surface area contributed by atoms with Gasteiger partial charge in [0.05, 0.1) is 28.2 Å². The number of halogens is 3. The number of imidazole rings is 1. The number of aliphatic hydroxyl groups is 1. The number of aromatic amines is 1. The van der Waals surface area contributed by atoms with Crippen LogP contribution in [0, 0.1) is 17.0 Å². The number of fused-ring (bicyclic) bond motifs is 1. The maximum atomic E-state index is 13.3. The Morgan fingerprint density at radius 2 is 2.00 bits per heavy atom. The molecule has 1 aromatic heterocycles. The molecule has 0 saturated heterocycles. The summed E-state index contributed by atoms with van der Waals surface area (Å²) in [4.78, 5) is 8.69. The van der Waals surface area contributed by atoms with Crippen molar-refractivity contribution in [1.29, 1.82) is 5.41 Å². The SMILES string of the molecule is N=C1C(c2nc3ccc(F)cc3[nH]2)=C(O)CN1c1ccc(F)c(Cl)c1. The number of hydrogen-bond donors (Lipinski definition) is 3. The van der Waals surface area contributed by atoms with Gasteiger partial charge in [-0.05, 0) is 36.4 Å². The fourth-order valence-corrected chi connectivity index (χ4v) is 2.98. The second-order valence-electron chi connectivity index (χ2n) is 5.60. The number of H-pyrrole nitrogens is 1. The van der Waals surface area contributed by atoms with Gasteiger partial charge in [-0.25, -0.2) is 13.8 Å². The third-order valence-corrected chi connectivity index (χ3v) is 4.29. The van der Waals surface area contributed by atoms with Crippen molar-refractivity contribution in [3.63, 3.8) is 0 Å². The first-order chi connectivity index (χ1) is 11.9. The quantitative estimate of drug-likeness (QED) is 0.639. The highest BCUT2D eigenvalue weighted by Crippen LogP contribution is 2.32. The minimum Gasteiger partial charge on any atom is -0.509 e. The molecule has 0 saturated carbocycles. The van der Waals surface area contributed by atoms with Gasteiger partial charge in [-0.3, -0.25) is 5.41 Å². The number of amidine groups is 1. The molecule has 1 aliphatic heterocycles. The van der Waals surface area contributed by atoms with Gasteiger partial charge in [-0.2, -0.15) is 0 Å². The van der Waals surface area contributed by atoms with Crippen LogP contribution in [0.1, 0.15) is 5.82 Å². The molecule has 1 aliphatic rings. The Morgan fingerprint density at radius 3 is 2.76 bits per heavy atom. The monoisotopic (exact) mass is 360 g/mol. The van der Waals surface area contributed by atoms with Crippen LogP contribution in [0.4, 0.5) is 14.5 Å². The van der Waals surface area contributed by atoms with Gasteiger partial charge in [0, 0.05) is 5.69 Å². The summed E-state index contributed by atoms with van der Waals surface area (Å²) >= 11 is 5.80. The Labute approximate surface area is 145 Å². The summed E-state index contributed by atoms with van der Waals surface area (Å²) in [6, 6.07) is 8.14. The Kier molecular flexibility index (Phi) is 3.47. The summed E-state index contributed by atoms with van der Waals surface area (Å²) in [6.45, 7) is 0.0293. The molecule has 3 N–H and O–H groups in total. The van der Waals surface area contributed by atoms with Crippen LogP contribution in [-0.2, 0) is 0 Å². The second-order valence-corrected chi connectivity index (χ2v) is 6.01. The molecule has 2 heterocycles. The van der Waals surface area contributed by atoms with Crippen LogP contribution in [0.2, 0.25) is 5.02 Å². The first kappa shape index (κ1) is 15.6. The Bertz CT molecular complexity index is 1060. The van der Waals surface area contributed by atoms with Crippen LogP contribution >= 0.6 is 11.6 Å². The molecule has 0 amide bonds. The van der Waals surface area contributed by atoms with Crippen LogP contribution in [-0.4, -0.2) is 27.5 Å². The molecule has 25 heavy (non-hydrogen) atoms. The van der Waals surface area contributed by atoms with Crippen LogP contribution in [0.15, 0.2) is 42.2 Å². The van der Waals surface area contributed by atoms with E-state index in [9.17, 15) is 13.9 Å². The van der Waals surface area contributed by atoms with Gasteiger partial charge in [-0.1, -0.05) is 11.6 Å². The second kappa shape index (κ2) is 5.56. The van der Waals surface area contributed by atoms with E-state index < -0.39 is 11.6 Å². The average molecular weight is 361 g/mol. The molecule has 2 aromatic carbocycles. The molecule has 0 bridgehead atoms. The van der Waals surface area contributed by atoms with Crippen molar-refractivity contribution >= 4 is 39.7 Å². The van der Waals surface area contributed by atoms with Gasteiger partial charge < -0.3 is 15.0 Å². The number of aromatic nitrogens is 2. The standard InChI is InChI=1S/C17H11ClF2N4O/c18-10-6-9(2-3-11(10)20)24-7-14(25)15(16(24)21)17-22-12-4-1-8(19)5-13(12)23-17/h1-6,21,25H,7H2,(H,22,23). The van der Waals surface area contributed by atoms with Gasteiger partial charge in [0.25, 0.3) is 0 Å². The summed E-state index contributed by atoms with van der Waals surface area (Å²) in [6.07, 6.45) is 0. The van der Waals surface area contributed by atoms with Gasteiger partial charge in [-0.15, -0.1) is 0 Å². The van der Waals surface area contributed by atoms with E-state index in [0.29, 0.717) is 16.7 Å². The predicted octanol–water partition coefficient (Wildman–Crippen LogP) is 4.26.